The Bertz CT molecular complexity index is 892. The van der Waals surface area contributed by atoms with E-state index in [9.17, 15) is 0 Å². The maximum atomic E-state index is 4.62. The average molecular weight is 358 g/mol. The average Bonchev–Trinajstić information content (AvgIpc) is 2.95. The van der Waals surface area contributed by atoms with Crippen molar-refractivity contribution in [2.24, 2.45) is 9.98 Å². The van der Waals surface area contributed by atoms with Crippen molar-refractivity contribution in [3.05, 3.63) is 84.2 Å². The van der Waals surface area contributed by atoms with E-state index >= 15 is 0 Å². The van der Waals surface area contributed by atoms with Crippen molar-refractivity contribution in [2.75, 3.05) is 5.32 Å². The third kappa shape index (κ3) is 3.24. The number of nitrogens with zero attached hydrogens (tertiary/aromatic N) is 4. The van der Waals surface area contributed by atoms with E-state index in [4.69, 9.17) is 0 Å². The molecule has 0 saturated carbocycles. The molecular formula is C18H13N5Ni+2. The molecule has 24 heavy (non-hydrogen) atoms. The molecule has 1 aliphatic rings. The molecule has 118 valence electrons. The molecule has 6 heteroatoms. The van der Waals surface area contributed by atoms with Gasteiger partial charge < -0.3 is 5.32 Å². The number of benzene rings is 1. The van der Waals surface area contributed by atoms with Crippen LogP contribution in [0.3, 0.4) is 0 Å². The number of fused-ring (bicyclic) bond motifs is 1. The summed E-state index contributed by atoms with van der Waals surface area (Å²) in [5, 5.41) is 3.25. The van der Waals surface area contributed by atoms with Crippen LogP contribution in [-0.2, 0) is 16.5 Å². The number of pyridine rings is 2. The summed E-state index contributed by atoms with van der Waals surface area (Å²) in [7, 11) is 0. The van der Waals surface area contributed by atoms with Crippen LogP contribution in [0.15, 0.2) is 83.0 Å². The van der Waals surface area contributed by atoms with Gasteiger partial charge in [0.05, 0.1) is 0 Å². The fourth-order valence-corrected chi connectivity index (χ4v) is 2.38. The van der Waals surface area contributed by atoms with E-state index in [1.165, 1.54) is 0 Å². The first kappa shape index (κ1) is 16.0. The van der Waals surface area contributed by atoms with E-state index in [1.54, 1.807) is 12.4 Å². The van der Waals surface area contributed by atoms with Gasteiger partial charge in [-0.25, -0.2) is 20.0 Å². The topological polar surface area (TPSA) is 62.5 Å². The maximum absolute atomic E-state index is 4.62. The molecule has 0 aliphatic carbocycles. The Morgan fingerprint density at radius 3 is 2.17 bits per heavy atom. The van der Waals surface area contributed by atoms with Crippen LogP contribution < -0.4 is 5.32 Å². The van der Waals surface area contributed by atoms with Gasteiger partial charge in [-0.3, -0.25) is 0 Å². The van der Waals surface area contributed by atoms with Gasteiger partial charge in [0.1, 0.15) is 11.7 Å². The Morgan fingerprint density at radius 2 is 1.46 bits per heavy atom. The Labute approximate surface area is 149 Å². The fourth-order valence-electron chi connectivity index (χ4n) is 2.38. The molecule has 0 fully saturated rings. The maximum Gasteiger partial charge on any atom is 2.00 e. The van der Waals surface area contributed by atoms with Gasteiger partial charge in [-0.1, -0.05) is 36.4 Å². The number of hydrogen-bond donors (Lipinski definition) is 1. The van der Waals surface area contributed by atoms with E-state index in [1.807, 2.05) is 60.7 Å². The standard InChI is InChI=1S/C18H13N5.Ni/c1-2-8-14-13(7-1)17(21-15-9-3-5-11-19-15)23-18(14)22-16-10-4-6-12-20-16;/h1-12H,(H,19,20,21,22,23);/q;+2. The van der Waals surface area contributed by atoms with Crippen molar-refractivity contribution < 1.29 is 16.5 Å². The van der Waals surface area contributed by atoms with Gasteiger partial charge in [-0.05, 0) is 24.3 Å². The van der Waals surface area contributed by atoms with E-state index in [0.717, 1.165) is 22.8 Å². The van der Waals surface area contributed by atoms with Gasteiger partial charge in [-0.2, -0.15) is 0 Å². The van der Waals surface area contributed by atoms with Gasteiger partial charge in [0.25, 0.3) is 0 Å². The van der Waals surface area contributed by atoms with Crippen LogP contribution in [-0.4, -0.2) is 21.6 Å². The molecule has 0 radical (unpaired) electrons. The second-order valence-electron chi connectivity index (χ2n) is 4.97. The summed E-state index contributed by atoms with van der Waals surface area (Å²) in [4.78, 5) is 17.7. The molecule has 3 aromatic rings. The van der Waals surface area contributed by atoms with E-state index in [0.29, 0.717) is 11.7 Å². The molecule has 3 heterocycles. The van der Waals surface area contributed by atoms with Crippen LogP contribution in [0.25, 0.3) is 0 Å². The van der Waals surface area contributed by atoms with Gasteiger partial charge in [0.15, 0.2) is 11.7 Å². The SMILES string of the molecule is [Ni+2].c1ccc(N=C2N=C(Nc3ccccn3)c3ccccc32)nc1. The summed E-state index contributed by atoms with van der Waals surface area (Å²) < 4.78 is 0. The predicted octanol–water partition coefficient (Wildman–Crippen LogP) is 3.42. The molecule has 0 amide bonds. The third-order valence-electron chi connectivity index (χ3n) is 3.42. The van der Waals surface area contributed by atoms with Crippen LogP contribution in [0.5, 0.6) is 0 Å². The Kier molecular flexibility index (Phi) is 4.78. The number of aliphatic imine (C=N–C) groups is 2. The summed E-state index contributed by atoms with van der Waals surface area (Å²) in [5.41, 5.74) is 1.99. The van der Waals surface area contributed by atoms with Crippen molar-refractivity contribution in [1.82, 2.24) is 9.97 Å². The van der Waals surface area contributed by atoms with Crippen molar-refractivity contribution in [1.29, 1.82) is 0 Å². The van der Waals surface area contributed by atoms with Crippen molar-refractivity contribution in [3.8, 4) is 0 Å². The number of hydrogen-bond acceptors (Lipinski definition) is 4. The molecule has 4 rings (SSSR count). The Balaban J connectivity index is 0.00000169. The van der Waals surface area contributed by atoms with E-state index in [2.05, 4.69) is 25.3 Å². The van der Waals surface area contributed by atoms with Gasteiger partial charge in [0, 0.05) is 23.5 Å². The molecule has 0 spiro atoms. The van der Waals surface area contributed by atoms with Gasteiger partial charge in [-0.15, -0.1) is 0 Å². The first-order valence-corrected chi connectivity index (χ1v) is 7.26. The molecule has 0 unspecified atom stereocenters. The smallest absolute Gasteiger partial charge is 0.324 e. The normalized spacial score (nSPS) is 13.8. The van der Waals surface area contributed by atoms with E-state index in [-0.39, 0.29) is 16.5 Å². The monoisotopic (exact) mass is 357 g/mol. The van der Waals surface area contributed by atoms with Crippen LogP contribution in [0.1, 0.15) is 11.1 Å². The minimum absolute atomic E-state index is 0. The zero-order chi connectivity index (χ0) is 15.5. The van der Waals surface area contributed by atoms with Gasteiger partial charge in [0.2, 0.25) is 0 Å². The number of amidine groups is 2. The molecule has 1 N–H and O–H groups in total. The second kappa shape index (κ2) is 7.15. The molecular weight excluding hydrogens is 345 g/mol. The Morgan fingerprint density at radius 1 is 0.750 bits per heavy atom. The quantitative estimate of drug-likeness (QED) is 0.714. The molecule has 1 aliphatic heterocycles. The summed E-state index contributed by atoms with van der Waals surface area (Å²) in [6.07, 6.45) is 3.46. The zero-order valence-corrected chi connectivity index (χ0v) is 13.5. The number of rotatable bonds is 2. The largest absolute Gasteiger partial charge is 2.00 e. The van der Waals surface area contributed by atoms with Crippen molar-refractivity contribution in [2.45, 2.75) is 0 Å². The molecule has 0 saturated heterocycles. The zero-order valence-electron chi connectivity index (χ0n) is 12.5. The molecule has 2 aromatic heterocycles. The van der Waals surface area contributed by atoms with Crippen LogP contribution in [0, 0.1) is 0 Å². The minimum Gasteiger partial charge on any atom is -0.324 e. The third-order valence-corrected chi connectivity index (χ3v) is 3.42. The molecule has 5 nitrogen and oxygen atoms in total. The predicted molar refractivity (Wildman–Crippen MR) is 91.3 cm³/mol. The van der Waals surface area contributed by atoms with Crippen molar-refractivity contribution >= 4 is 23.3 Å². The summed E-state index contributed by atoms with van der Waals surface area (Å²) >= 11 is 0. The summed E-state index contributed by atoms with van der Waals surface area (Å²) in [6.45, 7) is 0. The van der Waals surface area contributed by atoms with Crippen LogP contribution in [0.2, 0.25) is 0 Å². The first-order valence-electron chi connectivity index (χ1n) is 7.26. The molecule has 1 aromatic carbocycles. The van der Waals surface area contributed by atoms with E-state index < -0.39 is 0 Å². The van der Waals surface area contributed by atoms with Gasteiger partial charge >= 0.3 is 16.5 Å². The Hall–Kier alpha value is -2.85. The number of anilines is 1. The van der Waals surface area contributed by atoms with Crippen LogP contribution in [0.4, 0.5) is 11.6 Å². The number of aromatic nitrogens is 2. The second-order valence-corrected chi connectivity index (χ2v) is 4.97. The summed E-state index contributed by atoms with van der Waals surface area (Å²) in [6, 6.07) is 19.3. The minimum atomic E-state index is 0. The number of nitrogens with one attached hydrogen (secondary N) is 1. The fraction of sp³-hybridized carbons (Fsp3) is 0. The summed E-state index contributed by atoms with van der Waals surface area (Å²) in [5.74, 6) is 2.78. The molecule has 0 atom stereocenters. The molecule has 0 bridgehead atoms. The van der Waals surface area contributed by atoms with Crippen LogP contribution >= 0.6 is 0 Å². The first-order chi connectivity index (χ1) is 11.4. The van der Waals surface area contributed by atoms with Crippen molar-refractivity contribution in [3.63, 3.8) is 0 Å².